The summed E-state index contributed by atoms with van der Waals surface area (Å²) in [6.45, 7) is 3.84. The van der Waals surface area contributed by atoms with Crippen LogP contribution in [0.15, 0.2) is 53.6 Å². The Labute approximate surface area is 164 Å². The number of aromatic nitrogens is 2. The number of para-hydroxylation sites is 1. The third-order valence-electron chi connectivity index (χ3n) is 4.92. The molecule has 3 aromatic rings. The van der Waals surface area contributed by atoms with Crippen LogP contribution in [-0.2, 0) is 4.79 Å². The molecule has 4 nitrogen and oxygen atoms in total. The molecule has 2 heterocycles. The van der Waals surface area contributed by atoms with E-state index in [-0.39, 0.29) is 5.91 Å². The Morgan fingerprint density at radius 1 is 1.00 bits per heavy atom. The van der Waals surface area contributed by atoms with Gasteiger partial charge < -0.3 is 4.90 Å². The number of hydrogen-bond donors (Lipinski definition) is 0. The third-order valence-corrected chi connectivity index (χ3v) is 5.90. The molecule has 0 bridgehead atoms. The molecule has 1 amide bonds. The Hall–Kier alpha value is -2.40. The van der Waals surface area contributed by atoms with E-state index < -0.39 is 0 Å². The second-order valence-corrected chi connectivity index (χ2v) is 7.93. The van der Waals surface area contributed by atoms with Gasteiger partial charge in [-0.15, -0.1) is 0 Å². The minimum absolute atomic E-state index is 0.208. The van der Waals surface area contributed by atoms with Crippen LogP contribution in [0.3, 0.4) is 0 Å². The van der Waals surface area contributed by atoms with Gasteiger partial charge in [0.25, 0.3) is 0 Å². The zero-order valence-electron chi connectivity index (χ0n) is 15.5. The first-order valence-corrected chi connectivity index (χ1v) is 10.4. The third kappa shape index (κ3) is 4.14. The summed E-state index contributed by atoms with van der Waals surface area (Å²) in [5.41, 5.74) is 3.12. The summed E-state index contributed by atoms with van der Waals surface area (Å²) in [5, 5.41) is 1.88. The van der Waals surface area contributed by atoms with Crippen molar-refractivity contribution in [3.05, 3.63) is 54.1 Å². The predicted molar refractivity (Wildman–Crippen MR) is 111 cm³/mol. The minimum Gasteiger partial charge on any atom is -0.342 e. The summed E-state index contributed by atoms with van der Waals surface area (Å²) in [4.78, 5) is 24.1. The standard InChI is InChI=1S/C22H23N3OS/c1-16-9-11-17(12-10-16)21-23-19-8-4-3-7-18(19)22(24-21)27-15-20(26)25-13-5-2-6-14-25/h3-4,7-12H,2,5-6,13-15H2,1H3. The number of carbonyl (C=O) groups is 1. The number of benzene rings is 2. The Bertz CT molecular complexity index is 949. The first-order chi connectivity index (χ1) is 13.2. The molecule has 0 unspecified atom stereocenters. The van der Waals surface area contributed by atoms with Gasteiger partial charge in [-0.1, -0.05) is 59.8 Å². The van der Waals surface area contributed by atoms with Gasteiger partial charge in [0.2, 0.25) is 5.91 Å². The molecule has 138 valence electrons. The van der Waals surface area contributed by atoms with Gasteiger partial charge in [-0.25, -0.2) is 9.97 Å². The molecule has 0 atom stereocenters. The summed E-state index contributed by atoms with van der Waals surface area (Å²) >= 11 is 1.52. The number of carbonyl (C=O) groups excluding carboxylic acids is 1. The summed E-state index contributed by atoms with van der Waals surface area (Å²) < 4.78 is 0. The van der Waals surface area contributed by atoms with E-state index in [1.54, 1.807) is 0 Å². The van der Waals surface area contributed by atoms with Crippen molar-refractivity contribution in [1.29, 1.82) is 0 Å². The van der Waals surface area contributed by atoms with Gasteiger partial charge in [0, 0.05) is 24.0 Å². The topological polar surface area (TPSA) is 46.1 Å². The summed E-state index contributed by atoms with van der Waals surface area (Å²) in [7, 11) is 0. The summed E-state index contributed by atoms with van der Waals surface area (Å²) in [6, 6.07) is 16.3. The van der Waals surface area contributed by atoms with Crippen LogP contribution in [-0.4, -0.2) is 39.6 Å². The number of aryl methyl sites for hydroxylation is 1. The van der Waals surface area contributed by atoms with Crippen molar-refractivity contribution in [2.75, 3.05) is 18.8 Å². The molecule has 27 heavy (non-hydrogen) atoms. The number of piperidine rings is 1. The van der Waals surface area contributed by atoms with Gasteiger partial charge in [-0.2, -0.15) is 0 Å². The highest BCUT2D eigenvalue weighted by molar-refractivity contribution is 8.00. The van der Waals surface area contributed by atoms with E-state index in [0.29, 0.717) is 11.6 Å². The molecule has 4 rings (SSSR count). The number of hydrogen-bond acceptors (Lipinski definition) is 4. The SMILES string of the molecule is Cc1ccc(-c2nc(SCC(=O)N3CCCCC3)c3ccccc3n2)cc1. The molecule has 1 saturated heterocycles. The fourth-order valence-electron chi connectivity index (χ4n) is 3.35. The zero-order valence-corrected chi connectivity index (χ0v) is 16.3. The Balaban J connectivity index is 1.62. The minimum atomic E-state index is 0.208. The number of fused-ring (bicyclic) bond motifs is 1. The lowest BCUT2D eigenvalue weighted by molar-refractivity contribution is -0.129. The lowest BCUT2D eigenvalue weighted by atomic mass is 10.1. The monoisotopic (exact) mass is 377 g/mol. The fourth-order valence-corrected chi connectivity index (χ4v) is 4.28. The number of rotatable bonds is 4. The van der Waals surface area contributed by atoms with Crippen LogP contribution in [0.25, 0.3) is 22.3 Å². The van der Waals surface area contributed by atoms with Gasteiger partial charge in [0.1, 0.15) is 5.03 Å². The molecule has 0 N–H and O–H groups in total. The van der Waals surface area contributed by atoms with Gasteiger partial charge in [-0.3, -0.25) is 4.79 Å². The lowest BCUT2D eigenvalue weighted by Crippen LogP contribution is -2.36. The molecule has 1 aromatic heterocycles. The highest BCUT2D eigenvalue weighted by Gasteiger charge is 2.18. The van der Waals surface area contributed by atoms with Crippen LogP contribution in [0.5, 0.6) is 0 Å². The Morgan fingerprint density at radius 2 is 1.74 bits per heavy atom. The Kier molecular flexibility index (Phi) is 5.39. The average Bonchev–Trinajstić information content (AvgIpc) is 2.72. The molecule has 1 aliphatic heterocycles. The molecular weight excluding hydrogens is 354 g/mol. The second kappa shape index (κ2) is 8.09. The average molecular weight is 378 g/mol. The van der Waals surface area contributed by atoms with E-state index in [0.717, 1.165) is 47.4 Å². The van der Waals surface area contributed by atoms with E-state index in [4.69, 9.17) is 9.97 Å². The van der Waals surface area contributed by atoms with Crippen LogP contribution >= 0.6 is 11.8 Å². The largest absolute Gasteiger partial charge is 0.342 e. The van der Waals surface area contributed by atoms with Crippen molar-refractivity contribution in [2.24, 2.45) is 0 Å². The van der Waals surface area contributed by atoms with Crippen molar-refractivity contribution in [3.63, 3.8) is 0 Å². The van der Waals surface area contributed by atoms with E-state index in [1.165, 1.54) is 23.7 Å². The number of thioether (sulfide) groups is 1. The van der Waals surface area contributed by atoms with Crippen LogP contribution in [0.1, 0.15) is 24.8 Å². The van der Waals surface area contributed by atoms with E-state index in [1.807, 2.05) is 41.3 Å². The van der Waals surface area contributed by atoms with Crippen LogP contribution in [0, 0.1) is 6.92 Å². The van der Waals surface area contributed by atoms with Crippen LogP contribution in [0.4, 0.5) is 0 Å². The molecule has 2 aromatic carbocycles. The van der Waals surface area contributed by atoms with E-state index in [2.05, 4.69) is 19.1 Å². The van der Waals surface area contributed by atoms with E-state index in [9.17, 15) is 4.79 Å². The van der Waals surface area contributed by atoms with Crippen molar-refractivity contribution < 1.29 is 4.79 Å². The predicted octanol–water partition coefficient (Wildman–Crippen LogP) is 4.71. The smallest absolute Gasteiger partial charge is 0.232 e. The highest BCUT2D eigenvalue weighted by atomic mass is 32.2. The molecular formula is C22H23N3OS. The first-order valence-electron chi connectivity index (χ1n) is 9.45. The van der Waals surface area contributed by atoms with Crippen molar-refractivity contribution in [2.45, 2.75) is 31.2 Å². The first kappa shape index (κ1) is 18.0. The van der Waals surface area contributed by atoms with Gasteiger partial charge >= 0.3 is 0 Å². The fraction of sp³-hybridized carbons (Fsp3) is 0.318. The number of likely N-dealkylation sites (tertiary alicyclic amines) is 1. The number of nitrogens with zero attached hydrogens (tertiary/aromatic N) is 3. The maximum Gasteiger partial charge on any atom is 0.232 e. The van der Waals surface area contributed by atoms with Gasteiger partial charge in [0.05, 0.1) is 11.3 Å². The van der Waals surface area contributed by atoms with Gasteiger partial charge in [-0.05, 0) is 32.3 Å². The second-order valence-electron chi connectivity index (χ2n) is 6.97. The molecule has 0 radical (unpaired) electrons. The quantitative estimate of drug-likeness (QED) is 0.488. The zero-order chi connectivity index (χ0) is 18.6. The summed E-state index contributed by atoms with van der Waals surface area (Å²) in [5.74, 6) is 1.34. The lowest BCUT2D eigenvalue weighted by Gasteiger charge is -2.26. The molecule has 1 fully saturated rings. The van der Waals surface area contributed by atoms with Gasteiger partial charge in [0.15, 0.2) is 5.82 Å². The van der Waals surface area contributed by atoms with Crippen LogP contribution < -0.4 is 0 Å². The van der Waals surface area contributed by atoms with Crippen LogP contribution in [0.2, 0.25) is 0 Å². The number of amides is 1. The van der Waals surface area contributed by atoms with Crippen molar-refractivity contribution >= 4 is 28.6 Å². The summed E-state index contributed by atoms with van der Waals surface area (Å²) in [6.07, 6.45) is 3.46. The van der Waals surface area contributed by atoms with Crippen molar-refractivity contribution in [1.82, 2.24) is 14.9 Å². The highest BCUT2D eigenvalue weighted by Crippen LogP contribution is 2.29. The molecule has 0 spiro atoms. The molecule has 1 aliphatic rings. The molecule has 5 heteroatoms. The Morgan fingerprint density at radius 3 is 2.52 bits per heavy atom. The van der Waals surface area contributed by atoms with Crippen molar-refractivity contribution in [3.8, 4) is 11.4 Å². The molecule has 0 aliphatic carbocycles. The molecule has 0 saturated carbocycles. The maximum atomic E-state index is 12.6. The normalized spacial score (nSPS) is 14.5. The van der Waals surface area contributed by atoms with E-state index >= 15 is 0 Å². The maximum absolute atomic E-state index is 12.6.